The van der Waals surface area contributed by atoms with Gasteiger partial charge in [-0.05, 0) is 37.3 Å². The first-order chi connectivity index (χ1) is 17.3. The van der Waals surface area contributed by atoms with E-state index in [0.29, 0.717) is 60.9 Å². The van der Waals surface area contributed by atoms with Gasteiger partial charge in [0.2, 0.25) is 15.9 Å². The Bertz CT molecular complexity index is 1270. The Morgan fingerprint density at radius 1 is 1.06 bits per heavy atom. The summed E-state index contributed by atoms with van der Waals surface area (Å²) in [4.78, 5) is 6.62. The zero-order valence-corrected chi connectivity index (χ0v) is 21.9. The van der Waals surface area contributed by atoms with Crippen LogP contribution in [0.3, 0.4) is 0 Å². The van der Waals surface area contributed by atoms with E-state index in [1.54, 1.807) is 36.4 Å². The number of piperidine rings is 1. The Kier molecular flexibility index (Phi) is 8.12. The summed E-state index contributed by atoms with van der Waals surface area (Å²) in [6.07, 6.45) is 2.75. The number of benzene rings is 1. The average Bonchev–Trinajstić information content (AvgIpc) is 2.87. The Morgan fingerprint density at radius 3 is 2.36 bits per heavy atom. The number of rotatable bonds is 9. The highest BCUT2D eigenvalue weighted by atomic mass is 35.5. The Hall–Kier alpha value is -3.15. The molecule has 1 aliphatic rings. The molecule has 192 valence electrons. The molecule has 0 unspecified atom stereocenters. The van der Waals surface area contributed by atoms with Gasteiger partial charge < -0.3 is 19.1 Å². The monoisotopic (exact) mass is 533 g/mol. The van der Waals surface area contributed by atoms with Gasteiger partial charge in [-0.25, -0.2) is 17.7 Å². The van der Waals surface area contributed by atoms with Crippen LogP contribution in [-0.4, -0.2) is 67.8 Å². The van der Waals surface area contributed by atoms with E-state index in [1.165, 1.54) is 26.4 Å². The Labute approximate surface area is 215 Å². The molecule has 1 fully saturated rings. The van der Waals surface area contributed by atoms with Gasteiger partial charge in [-0.2, -0.15) is 0 Å². The minimum Gasteiger partial charge on any atom is -0.494 e. The third-order valence-corrected chi connectivity index (χ3v) is 7.57. The molecule has 3 heterocycles. The van der Waals surface area contributed by atoms with Crippen molar-refractivity contribution in [2.75, 3.05) is 38.7 Å². The van der Waals surface area contributed by atoms with Crippen LogP contribution in [0.15, 0.2) is 53.6 Å². The molecule has 0 atom stereocenters. The second-order valence-electron chi connectivity index (χ2n) is 8.29. The zero-order chi connectivity index (χ0) is 25.7. The maximum atomic E-state index is 12.7. The van der Waals surface area contributed by atoms with Gasteiger partial charge in [0.15, 0.2) is 16.7 Å². The summed E-state index contributed by atoms with van der Waals surface area (Å²) >= 11 is 5.79. The quantitative estimate of drug-likeness (QED) is 0.403. The molecule has 1 aromatic carbocycles. The summed E-state index contributed by atoms with van der Waals surface area (Å²) < 4.78 is 44.2. The molecule has 0 aliphatic carbocycles. The van der Waals surface area contributed by atoms with Crippen LogP contribution in [0.5, 0.6) is 23.1 Å². The number of sulfonamides is 1. The van der Waals surface area contributed by atoms with E-state index in [2.05, 4.69) is 20.1 Å². The molecule has 36 heavy (non-hydrogen) atoms. The van der Waals surface area contributed by atoms with E-state index < -0.39 is 10.0 Å². The summed E-state index contributed by atoms with van der Waals surface area (Å²) in [7, 11) is -0.733. The lowest BCUT2D eigenvalue weighted by Gasteiger charge is -2.33. The number of hydrogen-bond donors (Lipinski definition) is 0. The molecule has 0 radical (unpaired) electrons. The molecule has 0 N–H and O–H groups in total. The van der Waals surface area contributed by atoms with Gasteiger partial charge in [-0.1, -0.05) is 11.6 Å². The van der Waals surface area contributed by atoms with E-state index in [4.69, 9.17) is 25.8 Å². The molecular formula is C24H28ClN5O5S. The van der Waals surface area contributed by atoms with Crippen LogP contribution in [-0.2, 0) is 10.0 Å². The molecular weight excluding hydrogens is 506 g/mol. The molecule has 0 saturated carbocycles. The predicted molar refractivity (Wildman–Crippen MR) is 136 cm³/mol. The fraction of sp³-hybridized carbons (Fsp3) is 0.375. The van der Waals surface area contributed by atoms with Crippen molar-refractivity contribution in [3.63, 3.8) is 0 Å². The standard InChI is InChI=1S/C24H28ClN5O5S/c1-4-33-17-5-7-18(8-6-17)34-21-15-20(36(31,32)29(2)3)16-26-24(21)30-13-11-19(12-14-30)35-23-10-9-22(25)27-28-23/h5-10,15-16,19H,4,11-14H2,1-3H3. The minimum atomic E-state index is -3.69. The van der Waals surface area contributed by atoms with Crippen molar-refractivity contribution < 1.29 is 22.6 Å². The number of ether oxygens (including phenoxy) is 3. The fourth-order valence-corrected chi connectivity index (χ4v) is 4.67. The van der Waals surface area contributed by atoms with Crippen LogP contribution in [0.4, 0.5) is 5.82 Å². The number of hydrogen-bond acceptors (Lipinski definition) is 9. The predicted octanol–water partition coefficient (Wildman–Crippen LogP) is 4.01. The number of nitrogens with zero attached hydrogens (tertiary/aromatic N) is 5. The van der Waals surface area contributed by atoms with Crippen molar-refractivity contribution in [2.24, 2.45) is 0 Å². The maximum Gasteiger partial charge on any atom is 0.244 e. The first-order valence-electron chi connectivity index (χ1n) is 11.5. The molecule has 2 aromatic heterocycles. The van der Waals surface area contributed by atoms with Crippen LogP contribution in [0.25, 0.3) is 0 Å². The van der Waals surface area contributed by atoms with Crippen molar-refractivity contribution >= 4 is 27.4 Å². The van der Waals surface area contributed by atoms with Crippen LogP contribution in [0.2, 0.25) is 5.15 Å². The highest BCUT2D eigenvalue weighted by Gasteiger charge is 2.27. The average molecular weight is 534 g/mol. The van der Waals surface area contributed by atoms with E-state index in [-0.39, 0.29) is 11.0 Å². The summed E-state index contributed by atoms with van der Waals surface area (Å²) in [6, 6.07) is 12.0. The SMILES string of the molecule is CCOc1ccc(Oc2cc(S(=O)(=O)N(C)C)cnc2N2CCC(Oc3ccc(Cl)nn3)CC2)cc1. The summed E-state index contributed by atoms with van der Waals surface area (Å²) in [5.41, 5.74) is 0. The number of anilines is 1. The van der Waals surface area contributed by atoms with E-state index in [0.717, 1.165) is 10.1 Å². The van der Waals surface area contributed by atoms with Crippen LogP contribution in [0.1, 0.15) is 19.8 Å². The maximum absolute atomic E-state index is 12.7. The molecule has 12 heteroatoms. The first-order valence-corrected chi connectivity index (χ1v) is 13.3. The van der Waals surface area contributed by atoms with Crippen molar-refractivity contribution in [1.29, 1.82) is 0 Å². The number of pyridine rings is 1. The second-order valence-corrected chi connectivity index (χ2v) is 10.8. The highest BCUT2D eigenvalue weighted by Crippen LogP contribution is 2.35. The summed E-state index contributed by atoms with van der Waals surface area (Å²) in [6.45, 7) is 3.75. The van der Waals surface area contributed by atoms with E-state index >= 15 is 0 Å². The molecule has 1 saturated heterocycles. The lowest BCUT2D eigenvalue weighted by molar-refractivity contribution is 0.162. The van der Waals surface area contributed by atoms with Gasteiger partial charge in [0.1, 0.15) is 22.5 Å². The zero-order valence-electron chi connectivity index (χ0n) is 20.3. The molecule has 4 rings (SSSR count). The van der Waals surface area contributed by atoms with Gasteiger partial charge in [-0.15, -0.1) is 10.2 Å². The molecule has 0 spiro atoms. The van der Waals surface area contributed by atoms with Crippen molar-refractivity contribution in [1.82, 2.24) is 19.5 Å². The lowest BCUT2D eigenvalue weighted by atomic mass is 10.1. The van der Waals surface area contributed by atoms with E-state index in [9.17, 15) is 8.42 Å². The third-order valence-electron chi connectivity index (χ3n) is 5.59. The topological polar surface area (TPSA) is 107 Å². The Balaban J connectivity index is 1.54. The third kappa shape index (κ3) is 6.15. The number of halogens is 1. The van der Waals surface area contributed by atoms with Crippen molar-refractivity contribution in [3.8, 4) is 23.1 Å². The molecule has 1 aliphatic heterocycles. The second kappa shape index (κ2) is 11.3. The molecule has 0 bridgehead atoms. The largest absolute Gasteiger partial charge is 0.494 e. The van der Waals surface area contributed by atoms with Gasteiger partial charge in [-0.3, -0.25) is 0 Å². The lowest BCUT2D eigenvalue weighted by Crippen LogP contribution is -2.39. The van der Waals surface area contributed by atoms with Crippen molar-refractivity contribution in [2.45, 2.75) is 30.8 Å². The number of aromatic nitrogens is 3. The van der Waals surface area contributed by atoms with Crippen molar-refractivity contribution in [3.05, 3.63) is 53.8 Å². The summed E-state index contributed by atoms with van der Waals surface area (Å²) in [5.74, 6) is 2.60. The van der Waals surface area contributed by atoms with Gasteiger partial charge in [0.05, 0.1) is 6.61 Å². The normalized spacial score (nSPS) is 14.6. The van der Waals surface area contributed by atoms with Gasteiger partial charge in [0, 0.05) is 58.4 Å². The van der Waals surface area contributed by atoms with Crippen LogP contribution >= 0.6 is 11.6 Å². The van der Waals surface area contributed by atoms with Gasteiger partial charge >= 0.3 is 0 Å². The smallest absolute Gasteiger partial charge is 0.244 e. The minimum absolute atomic E-state index is 0.0411. The van der Waals surface area contributed by atoms with E-state index in [1.807, 2.05) is 6.92 Å². The first kappa shape index (κ1) is 25.9. The highest BCUT2D eigenvalue weighted by molar-refractivity contribution is 7.89. The Morgan fingerprint density at radius 2 is 1.75 bits per heavy atom. The van der Waals surface area contributed by atoms with Gasteiger partial charge in [0.25, 0.3) is 0 Å². The molecule has 0 amide bonds. The van der Waals surface area contributed by atoms with Crippen LogP contribution < -0.4 is 19.1 Å². The molecule has 3 aromatic rings. The summed E-state index contributed by atoms with van der Waals surface area (Å²) in [5, 5.41) is 8.07. The fourth-order valence-electron chi connectivity index (χ4n) is 3.70. The van der Waals surface area contributed by atoms with Crippen LogP contribution in [0, 0.1) is 0 Å². The molecule has 10 nitrogen and oxygen atoms in total.